The zero-order valence-electron chi connectivity index (χ0n) is 21.8. The molecule has 1 aliphatic heterocycles. The van der Waals surface area contributed by atoms with Gasteiger partial charge in [-0.3, -0.25) is 19.3 Å². The number of hydrogen-bond acceptors (Lipinski definition) is 7. The van der Waals surface area contributed by atoms with Gasteiger partial charge in [-0.25, -0.2) is 9.59 Å². The van der Waals surface area contributed by atoms with E-state index in [1.807, 2.05) is 25.1 Å². The summed E-state index contributed by atoms with van der Waals surface area (Å²) in [5.74, 6) is -3.60. The molecule has 3 amide bonds. The highest BCUT2D eigenvalue weighted by atomic mass is 16.5. The Kier molecular flexibility index (Phi) is 9.25. The zero-order valence-corrected chi connectivity index (χ0v) is 21.8. The van der Waals surface area contributed by atoms with Gasteiger partial charge >= 0.3 is 11.9 Å². The van der Waals surface area contributed by atoms with Crippen LogP contribution < -0.4 is 5.32 Å². The van der Waals surface area contributed by atoms with E-state index in [1.54, 1.807) is 36.4 Å². The SMILES string of the molecule is CCCCOC(=O)c1ccc(NC(=O)COC(=O)[C@H](Cc2ccccc2)N2C(=O)[C@@H]3CC=CC[C@H]3C2=O)cc1. The lowest BCUT2D eigenvalue weighted by Crippen LogP contribution is -2.48. The third-order valence-electron chi connectivity index (χ3n) is 6.88. The van der Waals surface area contributed by atoms with E-state index in [4.69, 9.17) is 9.47 Å². The normalized spacial score (nSPS) is 18.8. The molecule has 39 heavy (non-hydrogen) atoms. The van der Waals surface area contributed by atoms with Crippen LogP contribution in [0.25, 0.3) is 0 Å². The minimum absolute atomic E-state index is 0.0848. The van der Waals surface area contributed by atoms with E-state index in [2.05, 4.69) is 5.32 Å². The van der Waals surface area contributed by atoms with Crippen molar-refractivity contribution in [3.63, 3.8) is 0 Å². The maximum atomic E-state index is 13.2. The van der Waals surface area contributed by atoms with Crippen molar-refractivity contribution in [2.75, 3.05) is 18.5 Å². The highest BCUT2D eigenvalue weighted by Crippen LogP contribution is 2.36. The molecule has 9 heteroatoms. The average Bonchev–Trinajstić information content (AvgIpc) is 3.21. The van der Waals surface area contributed by atoms with Crippen LogP contribution in [0.3, 0.4) is 0 Å². The molecule has 4 rings (SSSR count). The molecular weight excluding hydrogens is 500 g/mol. The number of likely N-dealkylation sites (tertiary alicyclic amines) is 1. The Morgan fingerprint density at radius 1 is 0.923 bits per heavy atom. The van der Waals surface area contributed by atoms with Crippen LogP contribution in [0, 0.1) is 11.8 Å². The lowest BCUT2D eigenvalue weighted by Gasteiger charge is -2.25. The smallest absolute Gasteiger partial charge is 0.338 e. The van der Waals surface area contributed by atoms with Crippen LogP contribution >= 0.6 is 0 Å². The van der Waals surface area contributed by atoms with Crippen molar-refractivity contribution in [3.8, 4) is 0 Å². The van der Waals surface area contributed by atoms with Gasteiger partial charge in [0.25, 0.3) is 5.91 Å². The van der Waals surface area contributed by atoms with Gasteiger partial charge in [-0.2, -0.15) is 0 Å². The Morgan fingerprint density at radius 2 is 1.56 bits per heavy atom. The minimum atomic E-state index is -1.18. The van der Waals surface area contributed by atoms with Crippen LogP contribution in [0.5, 0.6) is 0 Å². The maximum Gasteiger partial charge on any atom is 0.338 e. The fourth-order valence-corrected chi connectivity index (χ4v) is 4.76. The number of fused-ring (bicyclic) bond motifs is 1. The van der Waals surface area contributed by atoms with E-state index in [9.17, 15) is 24.0 Å². The fraction of sp³-hybridized carbons (Fsp3) is 0.367. The van der Waals surface area contributed by atoms with E-state index >= 15 is 0 Å². The number of ether oxygens (including phenoxy) is 2. The highest BCUT2D eigenvalue weighted by Gasteiger charge is 2.51. The number of nitrogens with zero attached hydrogens (tertiary/aromatic N) is 1. The third kappa shape index (κ3) is 6.79. The van der Waals surface area contributed by atoms with Crippen molar-refractivity contribution in [3.05, 3.63) is 77.9 Å². The van der Waals surface area contributed by atoms with E-state index in [-0.39, 0.29) is 18.2 Å². The number of imide groups is 1. The van der Waals surface area contributed by atoms with Gasteiger partial charge in [0, 0.05) is 12.1 Å². The molecule has 2 aromatic rings. The van der Waals surface area contributed by atoms with Crippen molar-refractivity contribution >= 4 is 35.3 Å². The van der Waals surface area contributed by atoms with Crippen molar-refractivity contribution in [2.45, 2.75) is 45.1 Å². The van der Waals surface area contributed by atoms with Crippen LogP contribution in [-0.2, 0) is 35.1 Å². The summed E-state index contributed by atoms with van der Waals surface area (Å²) in [5, 5.41) is 2.61. The summed E-state index contributed by atoms with van der Waals surface area (Å²) >= 11 is 0. The molecule has 0 unspecified atom stereocenters. The number of amides is 3. The Labute approximate surface area is 227 Å². The van der Waals surface area contributed by atoms with E-state index < -0.39 is 42.3 Å². The Hall–Kier alpha value is -4.27. The second-order valence-electron chi connectivity index (χ2n) is 9.63. The van der Waals surface area contributed by atoms with Crippen LogP contribution in [0.15, 0.2) is 66.7 Å². The summed E-state index contributed by atoms with van der Waals surface area (Å²) in [5.41, 5.74) is 1.52. The number of hydrogen-bond donors (Lipinski definition) is 1. The fourth-order valence-electron chi connectivity index (χ4n) is 4.76. The first kappa shape index (κ1) is 27.8. The van der Waals surface area contributed by atoms with Crippen LogP contribution in [0.4, 0.5) is 5.69 Å². The number of rotatable bonds is 11. The molecule has 0 saturated carbocycles. The lowest BCUT2D eigenvalue weighted by molar-refractivity contribution is -0.159. The number of carbonyl (C=O) groups is 5. The summed E-state index contributed by atoms with van der Waals surface area (Å²) in [6.45, 7) is 1.74. The summed E-state index contributed by atoms with van der Waals surface area (Å²) in [6.07, 6.45) is 6.45. The Bertz CT molecular complexity index is 1210. The molecule has 0 spiro atoms. The van der Waals surface area contributed by atoms with Crippen molar-refractivity contribution < 1.29 is 33.4 Å². The van der Waals surface area contributed by atoms with Crippen LogP contribution in [0.1, 0.15) is 48.5 Å². The first-order chi connectivity index (χ1) is 18.9. The number of unbranched alkanes of at least 4 members (excludes halogenated alkanes) is 1. The molecule has 0 bridgehead atoms. The number of allylic oxidation sites excluding steroid dienone is 2. The van der Waals surface area contributed by atoms with Crippen LogP contribution in [0.2, 0.25) is 0 Å². The molecule has 0 aromatic heterocycles. The van der Waals surface area contributed by atoms with Gasteiger partial charge in [-0.1, -0.05) is 55.8 Å². The van der Waals surface area contributed by atoms with E-state index in [1.165, 1.54) is 12.1 Å². The van der Waals surface area contributed by atoms with Crippen molar-refractivity contribution in [2.24, 2.45) is 11.8 Å². The zero-order chi connectivity index (χ0) is 27.8. The quantitative estimate of drug-likeness (QED) is 0.203. The predicted molar refractivity (Wildman–Crippen MR) is 142 cm³/mol. The van der Waals surface area contributed by atoms with Gasteiger partial charge in [0.05, 0.1) is 24.0 Å². The summed E-state index contributed by atoms with van der Waals surface area (Å²) < 4.78 is 10.5. The number of esters is 2. The molecule has 9 nitrogen and oxygen atoms in total. The molecule has 3 atom stereocenters. The van der Waals surface area contributed by atoms with Gasteiger partial charge in [0.15, 0.2) is 6.61 Å². The molecule has 0 radical (unpaired) electrons. The lowest BCUT2D eigenvalue weighted by atomic mass is 9.85. The second kappa shape index (κ2) is 13.0. The first-order valence-electron chi connectivity index (χ1n) is 13.2. The molecule has 1 aliphatic carbocycles. The van der Waals surface area contributed by atoms with Crippen molar-refractivity contribution in [1.29, 1.82) is 0 Å². The average molecular weight is 533 g/mol. The number of nitrogens with one attached hydrogen (secondary N) is 1. The molecule has 2 aliphatic rings. The van der Waals surface area contributed by atoms with Gasteiger partial charge in [0.1, 0.15) is 6.04 Å². The second-order valence-corrected chi connectivity index (χ2v) is 9.63. The van der Waals surface area contributed by atoms with Gasteiger partial charge < -0.3 is 14.8 Å². The van der Waals surface area contributed by atoms with E-state index in [0.717, 1.165) is 23.3 Å². The third-order valence-corrected chi connectivity index (χ3v) is 6.88. The summed E-state index contributed by atoms with van der Waals surface area (Å²) in [7, 11) is 0. The monoisotopic (exact) mass is 532 g/mol. The standard InChI is InChI=1S/C30H32N2O7/c1-2-3-17-38-29(36)21-13-15-22(16-14-21)31-26(33)19-39-30(37)25(18-20-9-5-4-6-10-20)32-27(34)23-11-7-8-12-24(23)28(32)35/h4-10,13-16,23-25H,2-3,11-12,17-19H2,1H3,(H,31,33)/t23-,24-,25+/m1/s1. The number of carbonyl (C=O) groups excluding carboxylic acids is 5. The van der Waals surface area contributed by atoms with Crippen molar-refractivity contribution in [1.82, 2.24) is 4.90 Å². The molecule has 1 fully saturated rings. The maximum absolute atomic E-state index is 13.2. The molecular formula is C30H32N2O7. The molecule has 1 heterocycles. The first-order valence-corrected chi connectivity index (χ1v) is 13.2. The van der Waals surface area contributed by atoms with Gasteiger partial charge in [0.2, 0.25) is 11.8 Å². The van der Waals surface area contributed by atoms with E-state index in [0.29, 0.717) is 30.7 Å². The Morgan fingerprint density at radius 3 is 2.18 bits per heavy atom. The van der Waals surface area contributed by atoms with Crippen LogP contribution in [-0.4, -0.2) is 53.8 Å². The van der Waals surface area contributed by atoms with Gasteiger partial charge in [-0.15, -0.1) is 0 Å². The molecule has 204 valence electrons. The minimum Gasteiger partial charge on any atom is -0.462 e. The summed E-state index contributed by atoms with van der Waals surface area (Å²) in [4.78, 5) is 65.1. The largest absolute Gasteiger partial charge is 0.462 e. The van der Waals surface area contributed by atoms with Gasteiger partial charge in [-0.05, 0) is 49.1 Å². The Balaban J connectivity index is 1.38. The molecule has 2 aromatic carbocycles. The number of benzene rings is 2. The molecule has 1 N–H and O–H groups in total. The molecule has 1 saturated heterocycles. The predicted octanol–water partition coefficient (Wildman–Crippen LogP) is 3.69. The number of anilines is 1. The highest BCUT2D eigenvalue weighted by molar-refractivity contribution is 6.08. The topological polar surface area (TPSA) is 119 Å². The summed E-state index contributed by atoms with van der Waals surface area (Å²) in [6, 6.07) is 14.0.